The summed E-state index contributed by atoms with van der Waals surface area (Å²) in [4.78, 5) is 7.73. The largest absolute Gasteiger partial charge is 0.313 e. The summed E-state index contributed by atoms with van der Waals surface area (Å²) >= 11 is 0. The minimum atomic E-state index is 0.659. The molecule has 2 heterocycles. The fraction of sp³-hybridized carbons (Fsp3) is 1.00. The first-order valence-electron chi connectivity index (χ1n) is 8.53. The second kappa shape index (κ2) is 8.32. The Hall–Kier alpha value is -0.160. The van der Waals surface area contributed by atoms with E-state index < -0.39 is 0 Å². The van der Waals surface area contributed by atoms with E-state index >= 15 is 0 Å². The molecule has 0 aliphatic carbocycles. The summed E-state index contributed by atoms with van der Waals surface area (Å²) in [5, 5.41) is 3.69. The van der Waals surface area contributed by atoms with Crippen LogP contribution in [0.25, 0.3) is 0 Å². The van der Waals surface area contributed by atoms with Gasteiger partial charge in [0.05, 0.1) is 0 Å². The number of nitrogens with zero attached hydrogens (tertiary/aromatic N) is 3. The van der Waals surface area contributed by atoms with Gasteiger partial charge >= 0.3 is 0 Å². The molecule has 2 saturated heterocycles. The molecular formula is C16H34N4. The van der Waals surface area contributed by atoms with Crippen LogP contribution in [0.1, 0.15) is 33.1 Å². The molecule has 1 N–H and O–H groups in total. The molecule has 20 heavy (non-hydrogen) atoms. The summed E-state index contributed by atoms with van der Waals surface area (Å²) in [5.41, 5.74) is 0. The van der Waals surface area contributed by atoms with Gasteiger partial charge in [0, 0.05) is 57.9 Å². The van der Waals surface area contributed by atoms with Crippen molar-refractivity contribution >= 4 is 0 Å². The van der Waals surface area contributed by atoms with Gasteiger partial charge in [0.15, 0.2) is 0 Å². The standard InChI is InChI=1S/C16H34N4/c1-15(2)20(14-16-6-4-5-7-17-16)13-12-19-10-8-18(3)9-11-19/h15-17H,4-14H2,1-3H3. The maximum atomic E-state index is 3.69. The van der Waals surface area contributed by atoms with E-state index in [0.29, 0.717) is 6.04 Å². The normalized spacial score (nSPS) is 26.6. The number of piperazine rings is 1. The van der Waals surface area contributed by atoms with Crippen molar-refractivity contribution in [3.8, 4) is 0 Å². The van der Waals surface area contributed by atoms with Crippen molar-refractivity contribution in [3.05, 3.63) is 0 Å². The number of hydrogen-bond acceptors (Lipinski definition) is 4. The first kappa shape index (κ1) is 16.2. The third kappa shape index (κ3) is 5.32. The average Bonchev–Trinajstić information content (AvgIpc) is 2.46. The maximum Gasteiger partial charge on any atom is 0.0195 e. The summed E-state index contributed by atoms with van der Waals surface area (Å²) < 4.78 is 0. The van der Waals surface area contributed by atoms with Crippen LogP contribution >= 0.6 is 0 Å². The van der Waals surface area contributed by atoms with E-state index in [1.54, 1.807) is 0 Å². The zero-order valence-corrected chi connectivity index (χ0v) is 13.8. The van der Waals surface area contributed by atoms with E-state index in [1.165, 1.54) is 71.6 Å². The molecule has 0 amide bonds. The molecule has 118 valence electrons. The fourth-order valence-corrected chi connectivity index (χ4v) is 3.26. The van der Waals surface area contributed by atoms with Crippen molar-refractivity contribution in [2.24, 2.45) is 0 Å². The van der Waals surface area contributed by atoms with Gasteiger partial charge in [-0.1, -0.05) is 6.42 Å². The SMILES string of the molecule is CC(C)N(CCN1CCN(C)CC1)CC1CCCCN1. The van der Waals surface area contributed by atoms with Crippen molar-refractivity contribution in [3.63, 3.8) is 0 Å². The second-order valence-electron chi connectivity index (χ2n) is 6.88. The molecule has 1 unspecified atom stereocenters. The Morgan fingerprint density at radius 2 is 1.90 bits per heavy atom. The van der Waals surface area contributed by atoms with Gasteiger partial charge in [0.25, 0.3) is 0 Å². The second-order valence-corrected chi connectivity index (χ2v) is 6.88. The highest BCUT2D eigenvalue weighted by Crippen LogP contribution is 2.10. The maximum absolute atomic E-state index is 3.69. The van der Waals surface area contributed by atoms with Crippen LogP contribution in [0.2, 0.25) is 0 Å². The van der Waals surface area contributed by atoms with Crippen LogP contribution in [-0.2, 0) is 0 Å². The number of rotatable bonds is 6. The topological polar surface area (TPSA) is 21.8 Å². The van der Waals surface area contributed by atoms with Gasteiger partial charge < -0.3 is 10.2 Å². The van der Waals surface area contributed by atoms with Crippen LogP contribution in [0.15, 0.2) is 0 Å². The molecule has 0 saturated carbocycles. The van der Waals surface area contributed by atoms with Gasteiger partial charge in [-0.05, 0) is 40.3 Å². The first-order valence-corrected chi connectivity index (χ1v) is 8.53. The molecule has 4 heteroatoms. The van der Waals surface area contributed by atoms with Crippen LogP contribution in [0.3, 0.4) is 0 Å². The quantitative estimate of drug-likeness (QED) is 0.787. The molecule has 0 bridgehead atoms. The highest BCUT2D eigenvalue weighted by Gasteiger charge is 2.20. The van der Waals surface area contributed by atoms with Gasteiger partial charge in [-0.25, -0.2) is 0 Å². The van der Waals surface area contributed by atoms with Gasteiger partial charge in [-0.3, -0.25) is 9.80 Å². The van der Waals surface area contributed by atoms with Crippen molar-refractivity contribution in [2.75, 3.05) is 59.4 Å². The zero-order valence-electron chi connectivity index (χ0n) is 13.8. The summed E-state index contributed by atoms with van der Waals surface area (Å²) in [6.45, 7) is 14.5. The van der Waals surface area contributed by atoms with Crippen LogP contribution in [0, 0.1) is 0 Å². The Morgan fingerprint density at radius 3 is 2.50 bits per heavy atom. The van der Waals surface area contributed by atoms with E-state index in [4.69, 9.17) is 0 Å². The molecule has 0 aromatic carbocycles. The van der Waals surface area contributed by atoms with Gasteiger partial charge in [0.1, 0.15) is 0 Å². The Morgan fingerprint density at radius 1 is 1.15 bits per heavy atom. The van der Waals surface area contributed by atoms with E-state index in [2.05, 4.69) is 40.9 Å². The third-order valence-corrected chi connectivity index (χ3v) is 4.90. The summed E-state index contributed by atoms with van der Waals surface area (Å²) in [6, 6.07) is 1.38. The minimum Gasteiger partial charge on any atom is -0.313 e. The fourth-order valence-electron chi connectivity index (χ4n) is 3.26. The van der Waals surface area contributed by atoms with Gasteiger partial charge in [-0.15, -0.1) is 0 Å². The van der Waals surface area contributed by atoms with E-state index in [1.807, 2.05) is 0 Å². The lowest BCUT2D eigenvalue weighted by molar-refractivity contribution is 0.118. The molecule has 2 aliphatic heterocycles. The number of piperidine rings is 1. The molecule has 2 aliphatic rings. The van der Waals surface area contributed by atoms with Crippen molar-refractivity contribution < 1.29 is 0 Å². The molecule has 2 fully saturated rings. The summed E-state index contributed by atoms with van der Waals surface area (Å²) in [7, 11) is 2.23. The number of likely N-dealkylation sites (N-methyl/N-ethyl adjacent to an activating group) is 1. The summed E-state index contributed by atoms with van der Waals surface area (Å²) in [5.74, 6) is 0. The zero-order chi connectivity index (χ0) is 14.4. The van der Waals surface area contributed by atoms with Gasteiger partial charge in [-0.2, -0.15) is 0 Å². The number of hydrogen-bond donors (Lipinski definition) is 1. The van der Waals surface area contributed by atoms with E-state index in [0.717, 1.165) is 6.04 Å². The summed E-state index contributed by atoms with van der Waals surface area (Å²) in [6.07, 6.45) is 4.12. The van der Waals surface area contributed by atoms with Crippen LogP contribution in [-0.4, -0.2) is 86.2 Å². The molecule has 0 aromatic rings. The first-order chi connectivity index (χ1) is 9.65. The number of nitrogens with one attached hydrogen (secondary N) is 1. The predicted octanol–water partition coefficient (Wildman–Crippen LogP) is 1.09. The smallest absolute Gasteiger partial charge is 0.0195 e. The Bertz CT molecular complexity index is 255. The van der Waals surface area contributed by atoms with Crippen molar-refractivity contribution in [2.45, 2.75) is 45.2 Å². The Labute approximate surface area is 125 Å². The van der Waals surface area contributed by atoms with Crippen molar-refractivity contribution in [1.29, 1.82) is 0 Å². The molecule has 0 aromatic heterocycles. The lowest BCUT2D eigenvalue weighted by Crippen LogP contribution is -2.50. The minimum absolute atomic E-state index is 0.659. The Kier molecular flexibility index (Phi) is 6.75. The molecule has 4 nitrogen and oxygen atoms in total. The molecule has 0 radical (unpaired) electrons. The van der Waals surface area contributed by atoms with Crippen LogP contribution in [0.5, 0.6) is 0 Å². The van der Waals surface area contributed by atoms with Gasteiger partial charge in [0.2, 0.25) is 0 Å². The van der Waals surface area contributed by atoms with Crippen molar-refractivity contribution in [1.82, 2.24) is 20.0 Å². The third-order valence-electron chi connectivity index (χ3n) is 4.90. The van der Waals surface area contributed by atoms with Crippen LogP contribution in [0.4, 0.5) is 0 Å². The van der Waals surface area contributed by atoms with E-state index in [-0.39, 0.29) is 0 Å². The Balaban J connectivity index is 1.71. The molecule has 1 atom stereocenters. The van der Waals surface area contributed by atoms with Crippen LogP contribution < -0.4 is 5.32 Å². The molecular weight excluding hydrogens is 248 g/mol. The highest BCUT2D eigenvalue weighted by molar-refractivity contribution is 4.79. The monoisotopic (exact) mass is 282 g/mol. The lowest BCUT2D eigenvalue weighted by Gasteiger charge is -2.37. The average molecular weight is 282 g/mol. The highest BCUT2D eigenvalue weighted by atomic mass is 15.3. The molecule has 2 rings (SSSR count). The molecule has 0 spiro atoms. The van der Waals surface area contributed by atoms with E-state index in [9.17, 15) is 0 Å². The lowest BCUT2D eigenvalue weighted by atomic mass is 10.0. The predicted molar refractivity (Wildman–Crippen MR) is 86.3 cm³/mol.